The van der Waals surface area contributed by atoms with Gasteiger partial charge in [-0.2, -0.15) is 0 Å². The molecule has 1 N–H and O–H groups in total. The van der Waals surface area contributed by atoms with Crippen LogP contribution in [0.4, 0.5) is 0 Å². The monoisotopic (exact) mass is 392 g/mol. The molecule has 2 aromatic rings. The molecule has 0 saturated carbocycles. The molecule has 0 unspecified atom stereocenters. The van der Waals surface area contributed by atoms with Gasteiger partial charge in [-0.3, -0.25) is 14.5 Å². The van der Waals surface area contributed by atoms with Crippen molar-refractivity contribution in [3.05, 3.63) is 56.7 Å². The number of rotatable bonds is 5. The van der Waals surface area contributed by atoms with Gasteiger partial charge in [-0.25, -0.2) is 0 Å². The molecular weight excluding hydrogens is 372 g/mol. The van der Waals surface area contributed by atoms with Gasteiger partial charge in [0.15, 0.2) is 0 Å². The van der Waals surface area contributed by atoms with Crippen LogP contribution in [0.3, 0.4) is 0 Å². The van der Waals surface area contributed by atoms with Crippen LogP contribution in [-0.2, 0) is 16.1 Å². The fourth-order valence-electron chi connectivity index (χ4n) is 3.21. The summed E-state index contributed by atoms with van der Waals surface area (Å²) < 4.78 is 4.96. The number of likely N-dealkylation sites (tertiary alicyclic amines) is 1. The van der Waals surface area contributed by atoms with Gasteiger partial charge in [-0.05, 0) is 48.6 Å². The van der Waals surface area contributed by atoms with Crippen LogP contribution in [0.5, 0.6) is 0 Å². The number of hydrogen-bond acceptors (Lipinski definition) is 5. The third-order valence-electron chi connectivity index (χ3n) is 4.61. The Morgan fingerprint density at radius 3 is 2.85 bits per heavy atom. The van der Waals surface area contributed by atoms with E-state index in [0.29, 0.717) is 30.1 Å². The first kappa shape index (κ1) is 18.9. The predicted octanol–water partition coefficient (Wildman–Crippen LogP) is 3.26. The van der Waals surface area contributed by atoms with Crippen LogP contribution in [0, 0.1) is 6.92 Å². The second kappa shape index (κ2) is 8.20. The Morgan fingerprint density at radius 2 is 2.19 bits per heavy atom. The standard InChI is InChI=1S/C19H21ClN2O3S/c1-12-6-7-26-17(12)11-22-10-15(9-16(22)19(24)25-2)21-18(23)13-4-3-5-14(20)8-13/h3-8,15-16H,9-11H2,1-2H3,(H,21,23)/t15-,16-/m0/s1. The van der Waals surface area contributed by atoms with Gasteiger partial charge < -0.3 is 10.1 Å². The summed E-state index contributed by atoms with van der Waals surface area (Å²) in [5.74, 6) is -0.450. The lowest BCUT2D eigenvalue weighted by Crippen LogP contribution is -2.37. The fraction of sp³-hybridized carbons (Fsp3) is 0.368. The molecule has 2 heterocycles. The number of nitrogens with one attached hydrogen (secondary N) is 1. The van der Waals surface area contributed by atoms with E-state index in [1.165, 1.54) is 17.6 Å². The second-order valence-corrected chi connectivity index (χ2v) is 7.85. The first-order chi connectivity index (χ1) is 12.5. The Bertz CT molecular complexity index is 808. The maximum atomic E-state index is 12.5. The number of amides is 1. The fourth-order valence-corrected chi connectivity index (χ4v) is 4.33. The molecule has 138 valence electrons. The highest BCUT2D eigenvalue weighted by molar-refractivity contribution is 7.10. The number of nitrogens with zero attached hydrogens (tertiary/aromatic N) is 1. The number of esters is 1. The summed E-state index contributed by atoms with van der Waals surface area (Å²) in [6.07, 6.45) is 0.531. The zero-order valence-electron chi connectivity index (χ0n) is 14.7. The summed E-state index contributed by atoms with van der Waals surface area (Å²) in [6, 6.07) is 8.43. The molecule has 1 aliphatic heterocycles. The van der Waals surface area contributed by atoms with Gasteiger partial charge in [-0.1, -0.05) is 17.7 Å². The van der Waals surface area contributed by atoms with E-state index in [0.717, 1.165) is 0 Å². The minimum absolute atomic E-state index is 0.120. The van der Waals surface area contributed by atoms with Crippen molar-refractivity contribution in [1.82, 2.24) is 10.2 Å². The number of ether oxygens (including phenoxy) is 1. The molecule has 2 atom stereocenters. The van der Waals surface area contributed by atoms with E-state index in [1.54, 1.807) is 35.6 Å². The number of halogens is 1. The van der Waals surface area contributed by atoms with E-state index < -0.39 is 0 Å². The van der Waals surface area contributed by atoms with Gasteiger partial charge >= 0.3 is 5.97 Å². The third-order valence-corrected chi connectivity index (χ3v) is 5.86. The van der Waals surface area contributed by atoms with E-state index in [2.05, 4.69) is 23.2 Å². The van der Waals surface area contributed by atoms with Gasteiger partial charge in [0, 0.05) is 34.6 Å². The Morgan fingerprint density at radius 1 is 1.38 bits per heavy atom. The summed E-state index contributed by atoms with van der Waals surface area (Å²) >= 11 is 7.63. The lowest BCUT2D eigenvalue weighted by molar-refractivity contribution is -0.146. The lowest BCUT2D eigenvalue weighted by atomic mass is 10.1. The van der Waals surface area contributed by atoms with Crippen LogP contribution in [0.25, 0.3) is 0 Å². The number of carbonyl (C=O) groups excluding carboxylic acids is 2. The van der Waals surface area contributed by atoms with E-state index in [4.69, 9.17) is 16.3 Å². The van der Waals surface area contributed by atoms with E-state index >= 15 is 0 Å². The topological polar surface area (TPSA) is 58.6 Å². The van der Waals surface area contributed by atoms with Crippen molar-refractivity contribution in [3.8, 4) is 0 Å². The number of hydrogen-bond donors (Lipinski definition) is 1. The largest absolute Gasteiger partial charge is 0.468 e. The molecule has 1 aromatic heterocycles. The Kier molecular flexibility index (Phi) is 5.96. The van der Waals surface area contributed by atoms with Crippen LogP contribution < -0.4 is 5.32 Å². The summed E-state index contributed by atoms with van der Waals surface area (Å²) in [6.45, 7) is 3.34. The number of benzene rings is 1. The average molecular weight is 393 g/mol. The molecule has 0 spiro atoms. The number of methoxy groups -OCH3 is 1. The molecule has 1 aromatic carbocycles. The Balaban J connectivity index is 1.70. The van der Waals surface area contributed by atoms with Crippen molar-refractivity contribution in [2.45, 2.75) is 32.0 Å². The zero-order chi connectivity index (χ0) is 18.7. The zero-order valence-corrected chi connectivity index (χ0v) is 16.3. The molecule has 26 heavy (non-hydrogen) atoms. The molecule has 0 bridgehead atoms. The van der Waals surface area contributed by atoms with Crippen molar-refractivity contribution < 1.29 is 14.3 Å². The summed E-state index contributed by atoms with van der Waals surface area (Å²) in [5, 5.41) is 5.58. The van der Waals surface area contributed by atoms with Crippen molar-refractivity contribution in [3.63, 3.8) is 0 Å². The van der Waals surface area contributed by atoms with Gasteiger partial charge in [0.05, 0.1) is 7.11 Å². The van der Waals surface area contributed by atoms with E-state index in [1.807, 2.05) is 5.38 Å². The Labute approximate surface area is 161 Å². The molecule has 1 aliphatic rings. The van der Waals surface area contributed by atoms with Gasteiger partial charge in [0.2, 0.25) is 0 Å². The maximum Gasteiger partial charge on any atom is 0.323 e. The number of carbonyl (C=O) groups is 2. The quantitative estimate of drug-likeness (QED) is 0.793. The molecule has 5 nitrogen and oxygen atoms in total. The van der Waals surface area contributed by atoms with Gasteiger partial charge in [0.1, 0.15) is 6.04 Å². The average Bonchev–Trinajstić information content (AvgIpc) is 3.21. The predicted molar refractivity (Wildman–Crippen MR) is 103 cm³/mol. The third kappa shape index (κ3) is 4.26. The molecule has 0 radical (unpaired) electrons. The normalized spacial score (nSPS) is 20.1. The minimum atomic E-state index is -0.355. The maximum absolute atomic E-state index is 12.5. The molecule has 1 amide bonds. The molecule has 1 saturated heterocycles. The second-order valence-electron chi connectivity index (χ2n) is 6.41. The van der Waals surface area contributed by atoms with Crippen LogP contribution >= 0.6 is 22.9 Å². The van der Waals surface area contributed by atoms with E-state index in [-0.39, 0.29) is 24.0 Å². The first-order valence-electron chi connectivity index (χ1n) is 8.39. The first-order valence-corrected chi connectivity index (χ1v) is 9.65. The van der Waals surface area contributed by atoms with E-state index in [9.17, 15) is 9.59 Å². The SMILES string of the molecule is COC(=O)[C@@H]1C[C@H](NC(=O)c2cccc(Cl)c2)CN1Cc1sccc1C. The Hall–Kier alpha value is -1.89. The summed E-state index contributed by atoms with van der Waals surface area (Å²) in [4.78, 5) is 28.0. The van der Waals surface area contributed by atoms with Crippen LogP contribution in [0.15, 0.2) is 35.7 Å². The molecule has 7 heteroatoms. The summed E-state index contributed by atoms with van der Waals surface area (Å²) in [5.41, 5.74) is 1.73. The highest BCUT2D eigenvalue weighted by atomic mass is 35.5. The smallest absolute Gasteiger partial charge is 0.323 e. The molecule has 3 rings (SSSR count). The molecular formula is C19H21ClN2O3S. The van der Waals surface area contributed by atoms with Crippen LogP contribution in [0.1, 0.15) is 27.2 Å². The van der Waals surface area contributed by atoms with Crippen molar-refractivity contribution in [1.29, 1.82) is 0 Å². The highest BCUT2D eigenvalue weighted by Gasteiger charge is 2.38. The van der Waals surface area contributed by atoms with Crippen molar-refractivity contribution >= 4 is 34.8 Å². The van der Waals surface area contributed by atoms with Gasteiger partial charge in [0.25, 0.3) is 5.91 Å². The van der Waals surface area contributed by atoms with Crippen LogP contribution in [-0.4, -0.2) is 42.5 Å². The van der Waals surface area contributed by atoms with Crippen molar-refractivity contribution in [2.24, 2.45) is 0 Å². The lowest BCUT2D eigenvalue weighted by Gasteiger charge is -2.21. The number of thiophene rings is 1. The van der Waals surface area contributed by atoms with Gasteiger partial charge in [-0.15, -0.1) is 11.3 Å². The molecule has 0 aliphatic carbocycles. The van der Waals surface area contributed by atoms with Crippen molar-refractivity contribution in [2.75, 3.05) is 13.7 Å². The highest BCUT2D eigenvalue weighted by Crippen LogP contribution is 2.25. The molecule has 1 fully saturated rings. The van der Waals surface area contributed by atoms with Crippen LogP contribution in [0.2, 0.25) is 5.02 Å². The minimum Gasteiger partial charge on any atom is -0.468 e. The number of aryl methyl sites for hydroxylation is 1. The summed E-state index contributed by atoms with van der Waals surface area (Å²) in [7, 11) is 1.40.